The number of hydrogen-bond donors (Lipinski definition) is 0. The Morgan fingerprint density at radius 1 is 0.829 bits per heavy atom. The van der Waals surface area contributed by atoms with Crippen LogP contribution in [0.1, 0.15) is 112 Å². The average Bonchev–Trinajstić information content (AvgIpc) is 3.64. The number of carbonyl (C=O) groups is 1. The van der Waals surface area contributed by atoms with Gasteiger partial charge in [-0.2, -0.15) is 0 Å². The molecule has 3 fully saturated rings. The number of hydrogen-bond acceptors (Lipinski definition) is 3. The van der Waals surface area contributed by atoms with Gasteiger partial charge in [0.15, 0.2) is 0 Å². The summed E-state index contributed by atoms with van der Waals surface area (Å²) in [6.07, 6.45) is 19.6. The highest BCUT2D eigenvalue weighted by atomic mass is 16.5. The molecule has 0 bridgehead atoms. The molecular weight excluding hydrogens is 504 g/mol. The first-order valence-electron chi connectivity index (χ1n) is 16.8. The molecule has 7 rings (SSSR count). The fourth-order valence-corrected chi connectivity index (χ4v) is 9.19. The SMILES string of the molecule is COC(=O)c1ccc2c(C3CCCCC3)c3n(c2c1)CCN(CCC1CCC(C2CCCC2)CC1)c1ccccc1-3. The molecule has 0 radical (unpaired) electrons. The van der Waals surface area contributed by atoms with E-state index in [2.05, 4.69) is 45.9 Å². The second kappa shape index (κ2) is 11.9. The normalized spacial score (nSPS) is 23.8. The molecule has 2 heterocycles. The van der Waals surface area contributed by atoms with Gasteiger partial charge in [-0.05, 0) is 79.5 Å². The van der Waals surface area contributed by atoms with Crippen molar-refractivity contribution >= 4 is 22.6 Å². The van der Waals surface area contributed by atoms with Crippen LogP contribution in [0.3, 0.4) is 0 Å². The number of methoxy groups -OCH3 is 1. The zero-order valence-electron chi connectivity index (χ0n) is 25.1. The number of carbonyl (C=O) groups excluding carboxylic acids is 1. The molecule has 1 aliphatic heterocycles. The van der Waals surface area contributed by atoms with Crippen molar-refractivity contribution in [3.05, 3.63) is 53.6 Å². The van der Waals surface area contributed by atoms with Gasteiger partial charge < -0.3 is 14.2 Å². The van der Waals surface area contributed by atoms with Crippen molar-refractivity contribution in [2.75, 3.05) is 25.1 Å². The van der Waals surface area contributed by atoms with E-state index in [1.165, 1.54) is 130 Å². The quantitative estimate of drug-likeness (QED) is 0.286. The number of fused-ring (bicyclic) bond motifs is 5. The fraction of sp³-hybridized carbons (Fsp3) is 0.595. The molecule has 2 aromatic carbocycles. The topological polar surface area (TPSA) is 34.5 Å². The largest absolute Gasteiger partial charge is 0.465 e. The lowest BCUT2D eigenvalue weighted by molar-refractivity contribution is 0.0601. The van der Waals surface area contributed by atoms with E-state index in [4.69, 9.17) is 4.74 Å². The molecule has 0 N–H and O–H groups in total. The second-order valence-electron chi connectivity index (χ2n) is 13.6. The number of benzene rings is 2. The number of aromatic nitrogens is 1. The average molecular weight is 553 g/mol. The van der Waals surface area contributed by atoms with E-state index in [9.17, 15) is 4.79 Å². The molecule has 218 valence electrons. The van der Waals surface area contributed by atoms with Crippen LogP contribution < -0.4 is 4.90 Å². The molecule has 0 atom stereocenters. The summed E-state index contributed by atoms with van der Waals surface area (Å²) in [7, 11) is 1.48. The first-order valence-corrected chi connectivity index (χ1v) is 16.8. The molecule has 0 amide bonds. The Morgan fingerprint density at radius 3 is 2.34 bits per heavy atom. The van der Waals surface area contributed by atoms with Crippen LogP contribution in [0.5, 0.6) is 0 Å². The third kappa shape index (κ3) is 5.21. The lowest BCUT2D eigenvalue weighted by Crippen LogP contribution is -2.30. The van der Waals surface area contributed by atoms with Crippen molar-refractivity contribution in [2.24, 2.45) is 17.8 Å². The minimum atomic E-state index is -0.250. The van der Waals surface area contributed by atoms with Gasteiger partial charge in [0.1, 0.15) is 0 Å². The van der Waals surface area contributed by atoms with Crippen LogP contribution >= 0.6 is 0 Å². The molecule has 1 aromatic heterocycles. The summed E-state index contributed by atoms with van der Waals surface area (Å²) in [4.78, 5) is 15.2. The molecule has 3 saturated carbocycles. The van der Waals surface area contributed by atoms with Crippen LogP contribution in [0, 0.1) is 17.8 Å². The highest BCUT2D eigenvalue weighted by Gasteiger charge is 2.32. The summed E-state index contributed by atoms with van der Waals surface area (Å²) in [6.45, 7) is 3.11. The summed E-state index contributed by atoms with van der Waals surface area (Å²) < 4.78 is 7.67. The van der Waals surface area contributed by atoms with Gasteiger partial charge in [0.05, 0.1) is 18.4 Å². The van der Waals surface area contributed by atoms with Crippen LogP contribution in [0.4, 0.5) is 5.69 Å². The van der Waals surface area contributed by atoms with E-state index in [0.717, 1.165) is 37.4 Å². The number of rotatable bonds is 6. The Kier molecular flexibility index (Phi) is 7.84. The third-order valence-electron chi connectivity index (χ3n) is 11.4. The van der Waals surface area contributed by atoms with E-state index in [1.807, 2.05) is 6.07 Å². The summed E-state index contributed by atoms with van der Waals surface area (Å²) in [5.74, 6) is 3.26. The first kappa shape index (κ1) is 27.1. The Bertz CT molecular complexity index is 1370. The van der Waals surface area contributed by atoms with Gasteiger partial charge in [0.25, 0.3) is 0 Å². The van der Waals surface area contributed by atoms with Crippen LogP contribution in [-0.2, 0) is 11.3 Å². The third-order valence-corrected chi connectivity index (χ3v) is 11.4. The number of ether oxygens (including phenoxy) is 1. The fourth-order valence-electron chi connectivity index (χ4n) is 9.19. The van der Waals surface area contributed by atoms with Crippen molar-refractivity contribution in [3.63, 3.8) is 0 Å². The maximum atomic E-state index is 12.5. The monoisotopic (exact) mass is 552 g/mol. The number of anilines is 1. The Hall–Kier alpha value is -2.75. The van der Waals surface area contributed by atoms with Crippen molar-refractivity contribution in [1.29, 1.82) is 0 Å². The van der Waals surface area contributed by atoms with Crippen LogP contribution in [0.2, 0.25) is 0 Å². The molecule has 41 heavy (non-hydrogen) atoms. The van der Waals surface area contributed by atoms with E-state index >= 15 is 0 Å². The predicted octanol–water partition coefficient (Wildman–Crippen LogP) is 9.35. The number of esters is 1. The van der Waals surface area contributed by atoms with Crippen LogP contribution in [0.15, 0.2) is 42.5 Å². The minimum absolute atomic E-state index is 0.250. The van der Waals surface area contributed by atoms with Crippen molar-refractivity contribution < 1.29 is 9.53 Å². The van der Waals surface area contributed by atoms with E-state index < -0.39 is 0 Å². The van der Waals surface area contributed by atoms with Crippen molar-refractivity contribution in [2.45, 2.75) is 102 Å². The molecule has 0 unspecified atom stereocenters. The van der Waals surface area contributed by atoms with Gasteiger partial charge >= 0.3 is 5.97 Å². The van der Waals surface area contributed by atoms with Crippen molar-refractivity contribution in [1.82, 2.24) is 4.57 Å². The highest BCUT2D eigenvalue weighted by molar-refractivity contribution is 6.00. The maximum Gasteiger partial charge on any atom is 0.337 e. The molecule has 0 saturated heterocycles. The molecule has 0 spiro atoms. The predicted molar refractivity (Wildman–Crippen MR) is 169 cm³/mol. The summed E-state index contributed by atoms with van der Waals surface area (Å²) in [5, 5.41) is 1.34. The lowest BCUT2D eigenvalue weighted by atomic mass is 9.74. The van der Waals surface area contributed by atoms with E-state index in [1.54, 1.807) is 0 Å². The standard InChI is InChI=1S/C37H48N2O2/c1-41-37(40)30-19-20-31-34(25-30)39-24-23-38(22-21-26-15-17-28(18-16-26)27-9-5-6-10-27)33-14-8-7-13-32(33)36(39)35(31)29-11-3-2-4-12-29/h7-8,13-14,19-20,25-29H,2-6,9-12,15-18,21-24H2,1H3. The number of nitrogens with zero attached hydrogens (tertiary/aromatic N) is 2. The zero-order chi connectivity index (χ0) is 27.8. The molecule has 4 heteroatoms. The van der Waals surface area contributed by atoms with E-state index in [-0.39, 0.29) is 5.97 Å². The summed E-state index contributed by atoms with van der Waals surface area (Å²) >= 11 is 0. The smallest absolute Gasteiger partial charge is 0.337 e. The van der Waals surface area contributed by atoms with Gasteiger partial charge in [0, 0.05) is 41.8 Å². The Labute approximate surface area is 246 Å². The Morgan fingerprint density at radius 2 is 1.56 bits per heavy atom. The molecule has 4 nitrogen and oxygen atoms in total. The maximum absolute atomic E-state index is 12.5. The summed E-state index contributed by atoms with van der Waals surface area (Å²) in [6, 6.07) is 15.4. The Balaban J connectivity index is 1.19. The molecule has 4 aliphatic rings. The highest BCUT2D eigenvalue weighted by Crippen LogP contribution is 2.48. The lowest BCUT2D eigenvalue weighted by Gasteiger charge is -2.34. The summed E-state index contributed by atoms with van der Waals surface area (Å²) in [5.41, 5.74) is 7.56. The van der Waals surface area contributed by atoms with Crippen LogP contribution in [-0.4, -0.2) is 30.7 Å². The van der Waals surface area contributed by atoms with Gasteiger partial charge in [0.2, 0.25) is 0 Å². The van der Waals surface area contributed by atoms with Crippen LogP contribution in [0.25, 0.3) is 22.2 Å². The van der Waals surface area contributed by atoms with Gasteiger partial charge in [-0.1, -0.05) is 82.1 Å². The van der Waals surface area contributed by atoms with Gasteiger partial charge in [-0.3, -0.25) is 0 Å². The first-order chi connectivity index (χ1) is 20.2. The molecule has 3 aliphatic carbocycles. The van der Waals surface area contributed by atoms with E-state index in [0.29, 0.717) is 11.5 Å². The minimum Gasteiger partial charge on any atom is -0.465 e. The molecular formula is C37H48N2O2. The number of para-hydroxylation sites is 1. The van der Waals surface area contributed by atoms with Gasteiger partial charge in [-0.25, -0.2) is 4.79 Å². The zero-order valence-corrected chi connectivity index (χ0v) is 25.1. The van der Waals surface area contributed by atoms with Gasteiger partial charge in [-0.15, -0.1) is 0 Å². The second-order valence-corrected chi connectivity index (χ2v) is 13.6. The molecule has 3 aromatic rings. The van der Waals surface area contributed by atoms with Crippen molar-refractivity contribution in [3.8, 4) is 11.3 Å².